The highest BCUT2D eigenvalue weighted by Crippen LogP contribution is 2.24. The highest BCUT2D eigenvalue weighted by Gasteiger charge is 2.22. The Morgan fingerprint density at radius 3 is 2.61 bits per heavy atom. The van der Waals surface area contributed by atoms with Gasteiger partial charge >= 0.3 is 0 Å². The normalized spacial score (nSPS) is 13.9. The highest BCUT2D eigenvalue weighted by molar-refractivity contribution is 7.13. The van der Waals surface area contributed by atoms with Gasteiger partial charge < -0.3 is 9.73 Å². The molecular formula is C16H16F2N3OS+. The van der Waals surface area contributed by atoms with E-state index in [1.54, 1.807) is 6.07 Å². The molecule has 0 radical (unpaired) electrons. The first-order chi connectivity index (χ1) is 11.0. The Morgan fingerprint density at radius 1 is 1.09 bits per heavy atom. The maximum absolute atomic E-state index is 13.3. The average Bonchev–Trinajstić information content (AvgIpc) is 3.20. The number of thiophene rings is 1. The number of aromatic nitrogens is 2. The molecule has 120 valence electrons. The fourth-order valence-corrected chi connectivity index (χ4v) is 2.98. The fraction of sp³-hybridized carbons (Fsp3) is 0.250. The zero-order valence-electron chi connectivity index (χ0n) is 12.7. The van der Waals surface area contributed by atoms with E-state index < -0.39 is 11.6 Å². The second kappa shape index (κ2) is 6.55. The van der Waals surface area contributed by atoms with Crippen LogP contribution in [-0.4, -0.2) is 10.2 Å². The van der Waals surface area contributed by atoms with Crippen molar-refractivity contribution in [2.24, 2.45) is 0 Å². The minimum atomic E-state index is -0.841. The van der Waals surface area contributed by atoms with Crippen LogP contribution in [0, 0.1) is 11.6 Å². The predicted octanol–water partition coefficient (Wildman–Crippen LogP) is 3.46. The number of halogens is 2. The molecule has 7 heteroatoms. The average molecular weight is 336 g/mol. The fourth-order valence-electron chi connectivity index (χ4n) is 2.34. The Labute approximate surface area is 136 Å². The maximum Gasteiger partial charge on any atom is 0.274 e. The van der Waals surface area contributed by atoms with E-state index in [-0.39, 0.29) is 12.1 Å². The summed E-state index contributed by atoms with van der Waals surface area (Å²) in [7, 11) is 0. The van der Waals surface area contributed by atoms with Gasteiger partial charge in [0.2, 0.25) is 0 Å². The van der Waals surface area contributed by atoms with Crippen LogP contribution in [0.5, 0.6) is 0 Å². The van der Waals surface area contributed by atoms with Crippen molar-refractivity contribution in [3.05, 3.63) is 58.8 Å². The Balaban J connectivity index is 1.71. The van der Waals surface area contributed by atoms with Gasteiger partial charge in [0, 0.05) is 5.56 Å². The molecule has 2 aromatic heterocycles. The molecule has 0 aliphatic heterocycles. The standard InChI is InChI=1S/C16H15F2N3OS/c1-9(11-5-6-12(17)13(18)8-11)19-10(2)15-20-21-16(22-15)14-4-3-7-23-14/h3-10,19H,1-2H3/p+1/t9-,10-/m0/s1. The summed E-state index contributed by atoms with van der Waals surface area (Å²) in [5, 5.41) is 12.0. The number of benzene rings is 1. The van der Waals surface area contributed by atoms with Crippen molar-refractivity contribution in [1.82, 2.24) is 10.2 Å². The molecule has 1 aromatic carbocycles. The molecule has 0 fully saturated rings. The summed E-state index contributed by atoms with van der Waals surface area (Å²) in [6.07, 6.45) is 0. The van der Waals surface area contributed by atoms with Gasteiger partial charge in [-0.1, -0.05) is 6.07 Å². The van der Waals surface area contributed by atoms with Crippen molar-refractivity contribution in [3.8, 4) is 10.8 Å². The molecule has 0 aliphatic rings. The lowest BCUT2D eigenvalue weighted by molar-refractivity contribution is -0.730. The number of hydrogen-bond donors (Lipinski definition) is 1. The van der Waals surface area contributed by atoms with E-state index in [9.17, 15) is 8.78 Å². The zero-order valence-corrected chi connectivity index (χ0v) is 13.5. The van der Waals surface area contributed by atoms with Gasteiger partial charge in [0.05, 0.1) is 4.88 Å². The summed E-state index contributed by atoms with van der Waals surface area (Å²) in [4.78, 5) is 0.921. The quantitative estimate of drug-likeness (QED) is 0.776. The zero-order chi connectivity index (χ0) is 16.4. The minimum Gasteiger partial charge on any atom is -0.414 e. The molecule has 0 bridgehead atoms. The van der Waals surface area contributed by atoms with Crippen molar-refractivity contribution < 1.29 is 18.5 Å². The van der Waals surface area contributed by atoms with Crippen LogP contribution in [0.2, 0.25) is 0 Å². The van der Waals surface area contributed by atoms with E-state index in [0.29, 0.717) is 17.3 Å². The first-order valence-corrected chi connectivity index (χ1v) is 8.09. The van der Waals surface area contributed by atoms with E-state index in [1.807, 2.05) is 36.7 Å². The third-order valence-corrected chi connectivity index (χ3v) is 4.47. The van der Waals surface area contributed by atoms with Gasteiger partial charge in [-0.2, -0.15) is 0 Å². The van der Waals surface area contributed by atoms with E-state index in [0.717, 1.165) is 10.9 Å². The third-order valence-electron chi connectivity index (χ3n) is 3.61. The molecule has 0 spiro atoms. The van der Waals surface area contributed by atoms with Gasteiger partial charge in [-0.05, 0) is 43.5 Å². The van der Waals surface area contributed by atoms with Crippen LogP contribution in [-0.2, 0) is 0 Å². The largest absolute Gasteiger partial charge is 0.414 e. The first kappa shape index (κ1) is 15.8. The number of nitrogens with two attached hydrogens (primary N) is 1. The molecule has 4 nitrogen and oxygen atoms in total. The van der Waals surface area contributed by atoms with Crippen LogP contribution >= 0.6 is 11.3 Å². The van der Waals surface area contributed by atoms with E-state index >= 15 is 0 Å². The topological polar surface area (TPSA) is 55.5 Å². The minimum absolute atomic E-state index is 0.0720. The van der Waals surface area contributed by atoms with Crippen molar-refractivity contribution in [3.63, 3.8) is 0 Å². The number of hydrogen-bond acceptors (Lipinski definition) is 4. The van der Waals surface area contributed by atoms with Crippen LogP contribution < -0.4 is 5.32 Å². The van der Waals surface area contributed by atoms with Crippen molar-refractivity contribution in [2.45, 2.75) is 25.9 Å². The summed E-state index contributed by atoms with van der Waals surface area (Å²) in [5.74, 6) is -0.682. The summed E-state index contributed by atoms with van der Waals surface area (Å²) < 4.78 is 32.0. The molecule has 3 aromatic rings. The van der Waals surface area contributed by atoms with Gasteiger partial charge in [0.15, 0.2) is 17.7 Å². The van der Waals surface area contributed by atoms with Crippen LogP contribution in [0.1, 0.15) is 37.4 Å². The lowest BCUT2D eigenvalue weighted by atomic mass is 10.1. The second-order valence-corrected chi connectivity index (χ2v) is 6.31. The maximum atomic E-state index is 13.3. The molecule has 2 atom stereocenters. The number of nitrogens with zero attached hydrogens (tertiary/aromatic N) is 2. The lowest BCUT2D eigenvalue weighted by Gasteiger charge is -2.14. The molecule has 0 unspecified atom stereocenters. The number of rotatable bonds is 5. The van der Waals surface area contributed by atoms with Crippen LogP contribution in [0.15, 0.2) is 40.1 Å². The van der Waals surface area contributed by atoms with E-state index in [2.05, 4.69) is 10.2 Å². The predicted molar refractivity (Wildman–Crippen MR) is 82.7 cm³/mol. The molecule has 3 rings (SSSR count). The molecule has 23 heavy (non-hydrogen) atoms. The van der Waals surface area contributed by atoms with Gasteiger partial charge in [0.1, 0.15) is 6.04 Å². The van der Waals surface area contributed by atoms with Crippen molar-refractivity contribution in [2.75, 3.05) is 0 Å². The SMILES string of the molecule is C[C@H]([NH2+][C@@H](C)c1nnc(-c2cccs2)o1)c1ccc(F)c(F)c1. The van der Waals surface area contributed by atoms with Gasteiger partial charge in [-0.25, -0.2) is 8.78 Å². The van der Waals surface area contributed by atoms with Crippen LogP contribution in [0.25, 0.3) is 10.8 Å². The molecule has 2 heterocycles. The smallest absolute Gasteiger partial charge is 0.274 e. The Hall–Kier alpha value is -2.12. The summed E-state index contributed by atoms with van der Waals surface area (Å²) in [6.45, 7) is 3.85. The first-order valence-electron chi connectivity index (χ1n) is 7.22. The molecule has 0 saturated heterocycles. The monoisotopic (exact) mass is 336 g/mol. The third kappa shape index (κ3) is 3.46. The summed E-state index contributed by atoms with van der Waals surface area (Å²) in [6, 6.07) is 7.61. The van der Waals surface area contributed by atoms with Gasteiger partial charge in [-0.15, -0.1) is 21.5 Å². The molecule has 0 amide bonds. The van der Waals surface area contributed by atoms with Crippen molar-refractivity contribution in [1.29, 1.82) is 0 Å². The Morgan fingerprint density at radius 2 is 1.91 bits per heavy atom. The van der Waals surface area contributed by atoms with E-state index in [1.165, 1.54) is 17.4 Å². The summed E-state index contributed by atoms with van der Waals surface area (Å²) >= 11 is 1.53. The van der Waals surface area contributed by atoms with Crippen LogP contribution in [0.3, 0.4) is 0 Å². The van der Waals surface area contributed by atoms with Crippen molar-refractivity contribution >= 4 is 11.3 Å². The van der Waals surface area contributed by atoms with Crippen LogP contribution in [0.4, 0.5) is 8.78 Å². The summed E-state index contributed by atoms with van der Waals surface area (Å²) in [5.41, 5.74) is 0.703. The second-order valence-electron chi connectivity index (χ2n) is 5.37. The molecule has 0 aliphatic carbocycles. The van der Waals surface area contributed by atoms with Gasteiger partial charge in [0.25, 0.3) is 11.8 Å². The number of quaternary nitrogens is 1. The van der Waals surface area contributed by atoms with E-state index in [4.69, 9.17) is 4.42 Å². The molecule has 0 saturated carbocycles. The van der Waals surface area contributed by atoms with Gasteiger partial charge in [-0.3, -0.25) is 0 Å². The highest BCUT2D eigenvalue weighted by atomic mass is 32.1. The Bertz CT molecular complexity index is 788. The molecule has 2 N–H and O–H groups in total. The lowest BCUT2D eigenvalue weighted by Crippen LogP contribution is -2.85. The molecular weight excluding hydrogens is 320 g/mol. The Kier molecular flexibility index (Phi) is 4.49.